The average molecular weight is 496 g/mol. The smallest absolute Gasteiger partial charge is 0.250 e. The molecule has 0 bridgehead atoms. The van der Waals surface area contributed by atoms with Crippen molar-refractivity contribution in [3.05, 3.63) is 70.6 Å². The molecular formula is C22H33IN4O. The maximum Gasteiger partial charge on any atom is 0.250 e. The minimum Gasteiger partial charge on any atom is -0.357 e. The Labute approximate surface area is 185 Å². The number of hydrogen-bond acceptors (Lipinski definition) is 2. The summed E-state index contributed by atoms with van der Waals surface area (Å²) in [6.45, 7) is 6.61. The van der Waals surface area contributed by atoms with Gasteiger partial charge in [-0.3, -0.25) is 9.79 Å². The van der Waals surface area contributed by atoms with Crippen LogP contribution in [-0.4, -0.2) is 29.7 Å². The largest absolute Gasteiger partial charge is 0.357 e. The van der Waals surface area contributed by atoms with E-state index in [-0.39, 0.29) is 29.5 Å². The van der Waals surface area contributed by atoms with Gasteiger partial charge in [-0.15, -0.1) is 24.0 Å². The van der Waals surface area contributed by atoms with Crippen LogP contribution >= 0.6 is 24.0 Å². The maximum absolute atomic E-state index is 11.7. The van der Waals surface area contributed by atoms with Gasteiger partial charge in [0.2, 0.25) is 5.56 Å². The summed E-state index contributed by atoms with van der Waals surface area (Å²) in [5.74, 6) is 0.870. The number of halogens is 1. The first-order chi connectivity index (χ1) is 13.2. The van der Waals surface area contributed by atoms with Crippen LogP contribution in [0, 0.1) is 0 Å². The lowest BCUT2D eigenvalue weighted by Crippen LogP contribution is -2.42. The molecule has 6 heteroatoms. The lowest BCUT2D eigenvalue weighted by atomic mass is 10.1. The molecule has 0 radical (unpaired) electrons. The zero-order valence-corrected chi connectivity index (χ0v) is 19.3. The van der Waals surface area contributed by atoms with Crippen molar-refractivity contribution in [2.24, 2.45) is 4.99 Å². The van der Waals surface area contributed by atoms with Gasteiger partial charge in [0.05, 0.1) is 0 Å². The molecule has 0 amide bonds. The molecule has 0 aliphatic carbocycles. The fourth-order valence-corrected chi connectivity index (χ4v) is 2.88. The Bertz CT molecular complexity index is 745. The third-order valence-electron chi connectivity index (χ3n) is 4.41. The molecule has 0 aliphatic rings. The highest BCUT2D eigenvalue weighted by molar-refractivity contribution is 14.0. The first-order valence-corrected chi connectivity index (χ1v) is 9.93. The van der Waals surface area contributed by atoms with Crippen molar-refractivity contribution in [2.75, 3.05) is 13.1 Å². The van der Waals surface area contributed by atoms with Crippen molar-refractivity contribution in [3.63, 3.8) is 0 Å². The van der Waals surface area contributed by atoms with E-state index in [9.17, 15) is 4.79 Å². The van der Waals surface area contributed by atoms with Gasteiger partial charge < -0.3 is 15.2 Å². The topological polar surface area (TPSA) is 58.4 Å². The van der Waals surface area contributed by atoms with Crippen LogP contribution in [0.5, 0.6) is 0 Å². The number of benzene rings is 1. The zero-order valence-electron chi connectivity index (χ0n) is 16.9. The van der Waals surface area contributed by atoms with E-state index in [1.165, 1.54) is 5.56 Å². The van der Waals surface area contributed by atoms with Crippen LogP contribution in [-0.2, 0) is 13.0 Å². The van der Waals surface area contributed by atoms with E-state index < -0.39 is 0 Å². The molecule has 2 rings (SSSR count). The summed E-state index contributed by atoms with van der Waals surface area (Å²) in [7, 11) is 0. The van der Waals surface area contributed by atoms with Crippen LogP contribution in [0.1, 0.15) is 38.7 Å². The number of guanidine groups is 1. The van der Waals surface area contributed by atoms with E-state index in [1.807, 2.05) is 12.3 Å². The minimum absolute atomic E-state index is 0. The summed E-state index contributed by atoms with van der Waals surface area (Å²) in [5.41, 5.74) is 1.42. The van der Waals surface area contributed by atoms with Gasteiger partial charge >= 0.3 is 0 Å². The molecule has 0 aliphatic heterocycles. The molecule has 0 saturated heterocycles. The molecule has 1 unspecified atom stereocenters. The Morgan fingerprint density at radius 3 is 2.57 bits per heavy atom. The fourth-order valence-electron chi connectivity index (χ4n) is 2.88. The molecule has 1 aromatic carbocycles. The van der Waals surface area contributed by atoms with Crippen LogP contribution in [0.15, 0.2) is 64.5 Å². The number of unbranched alkanes of at least 4 members (excludes halogenated alkanes) is 1. The first kappa shape index (κ1) is 24.2. The summed E-state index contributed by atoms with van der Waals surface area (Å²) < 4.78 is 1.75. The SMILES string of the molecule is CCNC(=NCCCCn1ccccc1=O)NC(C)CCc1ccccc1.I. The Hall–Kier alpha value is -1.83. The molecule has 5 nitrogen and oxygen atoms in total. The van der Waals surface area contributed by atoms with Crippen LogP contribution in [0.2, 0.25) is 0 Å². The van der Waals surface area contributed by atoms with E-state index >= 15 is 0 Å². The number of nitrogens with one attached hydrogen (secondary N) is 2. The normalized spacial score (nSPS) is 12.1. The third kappa shape index (κ3) is 9.39. The van der Waals surface area contributed by atoms with E-state index in [0.29, 0.717) is 6.04 Å². The molecule has 1 atom stereocenters. The number of aromatic nitrogens is 1. The highest BCUT2D eigenvalue weighted by atomic mass is 127. The Morgan fingerprint density at radius 2 is 1.86 bits per heavy atom. The van der Waals surface area contributed by atoms with Crippen molar-refractivity contribution >= 4 is 29.9 Å². The van der Waals surface area contributed by atoms with Crippen LogP contribution in [0.4, 0.5) is 0 Å². The number of nitrogens with zero attached hydrogens (tertiary/aromatic N) is 2. The standard InChI is InChI=1S/C22H32N4O.HI/c1-3-23-22(25-19(2)14-15-20-11-5-4-6-12-20)24-16-8-10-18-26-17-9-7-13-21(26)27;/h4-7,9,11-13,17,19H,3,8,10,14-16,18H2,1-2H3,(H2,23,24,25);1H. The average Bonchev–Trinajstić information content (AvgIpc) is 2.68. The summed E-state index contributed by atoms with van der Waals surface area (Å²) >= 11 is 0. The minimum atomic E-state index is 0. The van der Waals surface area contributed by atoms with E-state index in [0.717, 1.165) is 51.3 Å². The highest BCUT2D eigenvalue weighted by Crippen LogP contribution is 2.04. The van der Waals surface area contributed by atoms with Crippen molar-refractivity contribution in [3.8, 4) is 0 Å². The van der Waals surface area contributed by atoms with Gasteiger partial charge in [0.15, 0.2) is 5.96 Å². The molecule has 0 saturated carbocycles. The zero-order chi connectivity index (χ0) is 19.3. The quantitative estimate of drug-likeness (QED) is 0.228. The van der Waals surface area contributed by atoms with Gasteiger partial charge in [0.1, 0.15) is 0 Å². The predicted molar refractivity (Wildman–Crippen MR) is 129 cm³/mol. The second kappa shape index (κ2) is 14.2. The van der Waals surface area contributed by atoms with Crippen LogP contribution in [0.25, 0.3) is 0 Å². The highest BCUT2D eigenvalue weighted by Gasteiger charge is 2.05. The summed E-state index contributed by atoms with van der Waals surface area (Å²) in [6, 6.07) is 16.2. The number of hydrogen-bond donors (Lipinski definition) is 2. The van der Waals surface area contributed by atoms with E-state index in [4.69, 9.17) is 0 Å². The van der Waals surface area contributed by atoms with Gasteiger partial charge in [-0.1, -0.05) is 36.4 Å². The maximum atomic E-state index is 11.7. The molecule has 1 heterocycles. The molecule has 2 N–H and O–H groups in total. The number of rotatable bonds is 10. The Morgan fingerprint density at radius 1 is 1.11 bits per heavy atom. The first-order valence-electron chi connectivity index (χ1n) is 9.93. The second-order valence-corrected chi connectivity index (χ2v) is 6.77. The third-order valence-corrected chi connectivity index (χ3v) is 4.41. The lowest BCUT2D eigenvalue weighted by molar-refractivity contribution is 0.583. The van der Waals surface area contributed by atoms with Crippen molar-refractivity contribution in [2.45, 2.75) is 52.1 Å². The van der Waals surface area contributed by atoms with Gasteiger partial charge in [-0.25, -0.2) is 0 Å². The number of pyridine rings is 1. The van der Waals surface area contributed by atoms with Gasteiger partial charge in [-0.2, -0.15) is 0 Å². The molecule has 0 fully saturated rings. The summed E-state index contributed by atoms with van der Waals surface area (Å²) in [5, 5.41) is 6.80. The monoisotopic (exact) mass is 496 g/mol. The fraction of sp³-hybridized carbons (Fsp3) is 0.455. The molecule has 154 valence electrons. The molecule has 0 spiro atoms. The van der Waals surface area contributed by atoms with Crippen LogP contribution < -0.4 is 16.2 Å². The van der Waals surface area contributed by atoms with Crippen molar-refractivity contribution in [1.29, 1.82) is 0 Å². The summed E-state index contributed by atoms with van der Waals surface area (Å²) in [6.07, 6.45) is 5.85. The Kier molecular flexibility index (Phi) is 12.3. The Balaban J connectivity index is 0.00000392. The van der Waals surface area contributed by atoms with Crippen LogP contribution in [0.3, 0.4) is 0 Å². The van der Waals surface area contributed by atoms with Gasteiger partial charge in [0, 0.05) is 37.9 Å². The number of aliphatic imine (C=N–C) groups is 1. The summed E-state index contributed by atoms with van der Waals surface area (Å²) in [4.78, 5) is 16.3. The van der Waals surface area contributed by atoms with Gasteiger partial charge in [-0.05, 0) is 51.2 Å². The molecule has 1 aromatic heterocycles. The van der Waals surface area contributed by atoms with Crippen molar-refractivity contribution < 1.29 is 0 Å². The predicted octanol–water partition coefficient (Wildman–Crippen LogP) is 3.82. The molecular weight excluding hydrogens is 463 g/mol. The molecule has 2 aromatic rings. The van der Waals surface area contributed by atoms with Crippen molar-refractivity contribution in [1.82, 2.24) is 15.2 Å². The second-order valence-electron chi connectivity index (χ2n) is 6.77. The van der Waals surface area contributed by atoms with E-state index in [2.05, 4.69) is 59.8 Å². The number of aryl methyl sites for hydroxylation is 2. The molecule has 28 heavy (non-hydrogen) atoms. The lowest BCUT2D eigenvalue weighted by Gasteiger charge is -2.18. The van der Waals surface area contributed by atoms with Gasteiger partial charge in [0.25, 0.3) is 0 Å². The van der Waals surface area contributed by atoms with E-state index in [1.54, 1.807) is 16.7 Å².